The van der Waals surface area contributed by atoms with Crippen LogP contribution in [-0.2, 0) is 8.92 Å². The fourth-order valence-corrected chi connectivity index (χ4v) is 4.73. The molecule has 0 aliphatic rings. The molecular weight excluding hydrogens is 411 g/mol. The molecule has 0 aromatic heterocycles. The highest BCUT2D eigenvalue weighted by Gasteiger charge is 2.23. The van der Waals surface area contributed by atoms with Gasteiger partial charge in [-0.2, -0.15) is 0 Å². The molecule has 0 unspecified atom stereocenters. The van der Waals surface area contributed by atoms with Gasteiger partial charge in [0.25, 0.3) is 0 Å². The molecule has 0 aliphatic carbocycles. The minimum Gasteiger partial charge on any atom is -0.274 e. The molecule has 0 aromatic carbocycles. The normalized spacial score (nSPS) is 10.9. The first kappa shape index (κ1) is 28.1. The summed E-state index contributed by atoms with van der Waals surface area (Å²) >= 11 is 17.6. The molecule has 0 rings (SSSR count). The SMILES string of the molecule is CCCCCCCCCCCCCCCCCC[Si](Cl)(Cl)Cl.O=[Si]=O. The fraction of sp³-hybridized carbons (Fsp3) is 1.00. The van der Waals surface area contributed by atoms with Crippen LogP contribution in [0.2, 0.25) is 6.04 Å². The molecule has 0 atom stereocenters. The summed E-state index contributed by atoms with van der Waals surface area (Å²) < 4.78 is 16.8. The maximum atomic E-state index is 8.40. The van der Waals surface area contributed by atoms with Crippen molar-refractivity contribution in [1.82, 2.24) is 0 Å². The molecule has 2 nitrogen and oxygen atoms in total. The van der Waals surface area contributed by atoms with Gasteiger partial charge in [-0.15, -0.1) is 33.2 Å². The number of hydrogen-bond donors (Lipinski definition) is 0. The van der Waals surface area contributed by atoms with Crippen LogP contribution in [-0.4, -0.2) is 15.3 Å². The molecule has 0 bridgehead atoms. The smallest absolute Gasteiger partial charge is 0.274 e. The first-order chi connectivity index (χ1) is 12.0. The van der Waals surface area contributed by atoms with Crippen molar-refractivity contribution >= 4 is 48.5 Å². The van der Waals surface area contributed by atoms with E-state index in [2.05, 4.69) is 6.92 Å². The molecule has 0 fully saturated rings. The third kappa shape index (κ3) is 33.0. The average Bonchev–Trinajstić information content (AvgIpc) is 2.54. The van der Waals surface area contributed by atoms with Crippen LogP contribution in [0, 0.1) is 0 Å². The molecule has 25 heavy (non-hydrogen) atoms. The molecule has 0 N–H and O–H groups in total. The van der Waals surface area contributed by atoms with E-state index in [0.717, 1.165) is 12.5 Å². The first-order valence-corrected chi connectivity index (χ1v) is 16.1. The fourth-order valence-electron chi connectivity index (χ4n) is 2.87. The number of unbranched alkanes of at least 4 members (excludes halogenated alkanes) is 15. The summed E-state index contributed by atoms with van der Waals surface area (Å²) in [6.45, 7) is 2.28. The molecule has 0 amide bonds. The highest BCUT2D eigenvalue weighted by molar-refractivity contribution is 7.64. The Bertz CT molecular complexity index is 295. The summed E-state index contributed by atoms with van der Waals surface area (Å²) in [5.74, 6) is 0. The minimum absolute atomic E-state index is 0.829. The van der Waals surface area contributed by atoms with Gasteiger partial charge in [0.1, 0.15) is 0 Å². The molecule has 0 saturated carbocycles. The molecule has 0 spiro atoms. The van der Waals surface area contributed by atoms with Crippen LogP contribution in [0.3, 0.4) is 0 Å². The molecule has 0 heterocycles. The van der Waals surface area contributed by atoms with Gasteiger partial charge in [0.05, 0.1) is 0 Å². The molecule has 0 aromatic rings. The lowest BCUT2D eigenvalue weighted by molar-refractivity contribution is 0.497. The average molecular weight is 448 g/mol. The van der Waals surface area contributed by atoms with Crippen LogP contribution >= 0.6 is 33.2 Å². The third-order valence-electron chi connectivity index (χ3n) is 4.31. The van der Waals surface area contributed by atoms with E-state index >= 15 is 0 Å². The van der Waals surface area contributed by atoms with Crippen LogP contribution in [0.5, 0.6) is 0 Å². The maximum absolute atomic E-state index is 8.40. The van der Waals surface area contributed by atoms with Gasteiger partial charge < -0.3 is 0 Å². The number of rotatable bonds is 17. The molecule has 150 valence electrons. The van der Waals surface area contributed by atoms with Crippen molar-refractivity contribution in [3.8, 4) is 0 Å². The lowest BCUT2D eigenvalue weighted by Crippen LogP contribution is -2.07. The Morgan fingerprint density at radius 1 is 0.560 bits per heavy atom. The van der Waals surface area contributed by atoms with Gasteiger partial charge in [0.2, 0.25) is 0 Å². The second-order valence-corrected chi connectivity index (χ2v) is 16.2. The summed E-state index contributed by atoms with van der Waals surface area (Å²) in [6, 6.07) is -1.52. The maximum Gasteiger partial charge on any atom is 0.549 e. The van der Waals surface area contributed by atoms with Gasteiger partial charge in [-0.3, -0.25) is 8.92 Å². The van der Waals surface area contributed by atoms with E-state index in [1.165, 1.54) is 96.3 Å². The second kappa shape index (κ2) is 22.9. The molecular formula is C18H37Cl3O2Si2. The molecule has 0 radical (unpaired) electrons. The molecule has 7 heteroatoms. The Hall–Kier alpha value is 0.904. The van der Waals surface area contributed by atoms with Crippen LogP contribution in [0.1, 0.15) is 110 Å². The Morgan fingerprint density at radius 2 is 0.800 bits per heavy atom. The van der Waals surface area contributed by atoms with Crippen LogP contribution in [0.25, 0.3) is 0 Å². The quantitative estimate of drug-likeness (QED) is 0.128. The monoisotopic (exact) mass is 446 g/mol. The van der Waals surface area contributed by atoms with E-state index < -0.39 is 15.3 Å². The van der Waals surface area contributed by atoms with Gasteiger partial charge in [-0.25, -0.2) is 0 Å². The zero-order valence-corrected chi connectivity index (χ0v) is 20.2. The first-order valence-electron chi connectivity index (χ1n) is 10.0. The van der Waals surface area contributed by atoms with Crippen LogP contribution < -0.4 is 0 Å². The van der Waals surface area contributed by atoms with E-state index in [1.807, 2.05) is 0 Å². The summed E-state index contributed by atoms with van der Waals surface area (Å²) in [6.07, 6.45) is 22.2. The van der Waals surface area contributed by atoms with Crippen molar-refractivity contribution in [2.75, 3.05) is 0 Å². The predicted octanol–water partition coefficient (Wildman–Crippen LogP) is 8.28. The van der Waals surface area contributed by atoms with Crippen molar-refractivity contribution in [3.63, 3.8) is 0 Å². The van der Waals surface area contributed by atoms with Crippen molar-refractivity contribution in [1.29, 1.82) is 0 Å². The molecule has 0 saturated heterocycles. The zero-order chi connectivity index (χ0) is 19.2. The van der Waals surface area contributed by atoms with E-state index in [0.29, 0.717) is 0 Å². The Kier molecular flexibility index (Phi) is 25.8. The topological polar surface area (TPSA) is 34.1 Å². The lowest BCUT2D eigenvalue weighted by Gasteiger charge is -2.07. The van der Waals surface area contributed by atoms with Crippen molar-refractivity contribution in [2.45, 2.75) is 116 Å². The minimum atomic E-state index is -2.35. The van der Waals surface area contributed by atoms with Crippen LogP contribution in [0.4, 0.5) is 0 Å². The van der Waals surface area contributed by atoms with E-state index in [-0.39, 0.29) is 0 Å². The van der Waals surface area contributed by atoms with E-state index in [9.17, 15) is 0 Å². The van der Waals surface area contributed by atoms with Crippen LogP contribution in [0.15, 0.2) is 0 Å². The van der Waals surface area contributed by atoms with Gasteiger partial charge in [-0.05, 0) is 6.04 Å². The van der Waals surface area contributed by atoms with Crippen molar-refractivity contribution in [2.24, 2.45) is 0 Å². The summed E-state index contributed by atoms with van der Waals surface area (Å²) in [7, 11) is -1.42. The largest absolute Gasteiger partial charge is 0.549 e. The Morgan fingerprint density at radius 3 is 1.04 bits per heavy atom. The summed E-state index contributed by atoms with van der Waals surface area (Å²) in [5.41, 5.74) is 0. The third-order valence-corrected chi connectivity index (χ3v) is 6.94. The van der Waals surface area contributed by atoms with E-state index in [4.69, 9.17) is 42.2 Å². The van der Waals surface area contributed by atoms with Gasteiger partial charge in [-0.1, -0.05) is 110 Å². The Labute approximate surface area is 172 Å². The zero-order valence-electron chi connectivity index (χ0n) is 16.0. The van der Waals surface area contributed by atoms with Gasteiger partial charge in [0, 0.05) is 0 Å². The van der Waals surface area contributed by atoms with Crippen molar-refractivity contribution < 1.29 is 8.92 Å². The summed E-state index contributed by atoms with van der Waals surface area (Å²) in [5, 5.41) is 0. The summed E-state index contributed by atoms with van der Waals surface area (Å²) in [4.78, 5) is 0. The van der Waals surface area contributed by atoms with Gasteiger partial charge >= 0.3 is 15.3 Å². The lowest BCUT2D eigenvalue weighted by atomic mass is 10.0. The number of halogens is 3. The van der Waals surface area contributed by atoms with E-state index in [1.54, 1.807) is 0 Å². The highest BCUT2D eigenvalue weighted by atomic mass is 35.8. The molecule has 0 aliphatic heterocycles. The second-order valence-electron chi connectivity index (χ2n) is 6.75. The Balaban J connectivity index is 0. The van der Waals surface area contributed by atoms with Crippen molar-refractivity contribution in [3.05, 3.63) is 0 Å². The highest BCUT2D eigenvalue weighted by Crippen LogP contribution is 2.27. The van der Waals surface area contributed by atoms with Gasteiger partial charge in [0.15, 0.2) is 0 Å². The standard InChI is InChI=1S/C18H37Cl3Si.O2Si/c1-2-3-4-5-6-7-8-9-10-11-12-13-14-15-16-17-18-22(19,20)21;1-3-2/h2-18H2,1H3;. The predicted molar refractivity (Wildman–Crippen MR) is 115 cm³/mol. The number of hydrogen-bond acceptors (Lipinski definition) is 2.